The van der Waals surface area contributed by atoms with E-state index in [1.54, 1.807) is 0 Å². The molecule has 118 valence electrons. The molecule has 1 aromatic rings. The zero-order valence-corrected chi connectivity index (χ0v) is 13.8. The molecule has 0 bridgehead atoms. The molecule has 0 amide bonds. The van der Waals surface area contributed by atoms with Gasteiger partial charge in [-0.05, 0) is 18.5 Å². The van der Waals surface area contributed by atoms with Crippen LogP contribution in [-0.2, 0) is 6.42 Å². The molecule has 21 heavy (non-hydrogen) atoms. The minimum absolute atomic E-state index is 0.453. The summed E-state index contributed by atoms with van der Waals surface area (Å²) in [6, 6.07) is 7.09. The highest BCUT2D eigenvalue weighted by Crippen LogP contribution is 2.35. The van der Waals surface area contributed by atoms with Crippen molar-refractivity contribution < 1.29 is 4.74 Å². The highest BCUT2D eigenvalue weighted by molar-refractivity contribution is 5.45. The number of para-hydroxylation sites is 1. The van der Waals surface area contributed by atoms with Crippen molar-refractivity contribution in [2.75, 3.05) is 13.2 Å². The second kappa shape index (κ2) is 9.09. The quantitative estimate of drug-likeness (QED) is 0.610. The van der Waals surface area contributed by atoms with E-state index < -0.39 is 0 Å². The van der Waals surface area contributed by atoms with Crippen LogP contribution >= 0.6 is 0 Å². The smallest absolute Gasteiger partial charge is 0.127 e. The lowest BCUT2D eigenvalue weighted by Gasteiger charge is -2.20. The van der Waals surface area contributed by atoms with Crippen LogP contribution in [0.4, 0.5) is 0 Å². The molecule has 2 nitrogen and oxygen atoms in total. The lowest BCUT2D eigenvalue weighted by molar-refractivity contribution is 0.346. The fourth-order valence-electron chi connectivity index (χ4n) is 3.26. The predicted molar refractivity (Wildman–Crippen MR) is 90.1 cm³/mol. The van der Waals surface area contributed by atoms with E-state index in [0.717, 1.165) is 25.3 Å². The first-order chi connectivity index (χ1) is 10.4. The van der Waals surface area contributed by atoms with E-state index >= 15 is 0 Å². The predicted octanol–water partition coefficient (Wildman–Crippen LogP) is 5.02. The van der Waals surface area contributed by atoms with Gasteiger partial charge in [0.1, 0.15) is 5.75 Å². The van der Waals surface area contributed by atoms with Crippen LogP contribution in [0.1, 0.15) is 76.0 Å². The van der Waals surface area contributed by atoms with Gasteiger partial charge >= 0.3 is 0 Å². The number of hydrogen-bond donors (Lipinski definition) is 1. The average molecular weight is 289 g/mol. The molecule has 0 spiro atoms. The first kappa shape index (κ1) is 16.4. The molecule has 0 saturated carbocycles. The summed E-state index contributed by atoms with van der Waals surface area (Å²) in [7, 11) is 0. The monoisotopic (exact) mass is 289 g/mol. The second-order valence-corrected chi connectivity index (χ2v) is 6.10. The van der Waals surface area contributed by atoms with Crippen molar-refractivity contribution in [2.24, 2.45) is 0 Å². The molecular formula is C19H31NO. The molecule has 0 radical (unpaired) electrons. The van der Waals surface area contributed by atoms with Crippen molar-refractivity contribution in [3.63, 3.8) is 0 Å². The highest BCUT2D eigenvalue weighted by atomic mass is 16.5. The largest absolute Gasteiger partial charge is 0.493 e. The first-order valence-corrected chi connectivity index (χ1v) is 8.84. The van der Waals surface area contributed by atoms with Crippen LogP contribution < -0.4 is 10.1 Å². The van der Waals surface area contributed by atoms with Crippen molar-refractivity contribution in [1.82, 2.24) is 5.32 Å². The van der Waals surface area contributed by atoms with Gasteiger partial charge in [-0.3, -0.25) is 0 Å². The summed E-state index contributed by atoms with van der Waals surface area (Å²) >= 11 is 0. The van der Waals surface area contributed by atoms with Gasteiger partial charge in [0.2, 0.25) is 0 Å². The van der Waals surface area contributed by atoms with Crippen LogP contribution in [-0.4, -0.2) is 13.2 Å². The van der Waals surface area contributed by atoms with Crippen LogP contribution in [0.2, 0.25) is 0 Å². The Labute approximate surface area is 130 Å². The SMILES string of the molecule is CCCCCCCCC(NCC)c1cccc2c1OCC2. The summed E-state index contributed by atoms with van der Waals surface area (Å²) in [4.78, 5) is 0. The number of nitrogens with one attached hydrogen (secondary N) is 1. The highest BCUT2D eigenvalue weighted by Gasteiger charge is 2.21. The third kappa shape index (κ3) is 4.74. The van der Waals surface area contributed by atoms with Gasteiger partial charge in [-0.25, -0.2) is 0 Å². The third-order valence-corrected chi connectivity index (χ3v) is 4.42. The number of hydrogen-bond acceptors (Lipinski definition) is 2. The lowest BCUT2D eigenvalue weighted by Crippen LogP contribution is -2.21. The molecule has 0 fully saturated rings. The van der Waals surface area contributed by atoms with E-state index in [0.29, 0.717) is 6.04 Å². The molecule has 0 aromatic heterocycles. The zero-order chi connectivity index (χ0) is 14.9. The normalized spacial score (nSPS) is 14.8. The van der Waals surface area contributed by atoms with Crippen LogP contribution in [0, 0.1) is 0 Å². The van der Waals surface area contributed by atoms with Crippen LogP contribution in [0.15, 0.2) is 18.2 Å². The number of benzene rings is 1. The van der Waals surface area contributed by atoms with Crippen molar-refractivity contribution in [1.29, 1.82) is 0 Å². The van der Waals surface area contributed by atoms with Gasteiger partial charge in [0, 0.05) is 18.0 Å². The maximum absolute atomic E-state index is 5.88. The molecule has 0 saturated heterocycles. The summed E-state index contributed by atoms with van der Waals surface area (Å²) in [5, 5.41) is 3.65. The lowest BCUT2D eigenvalue weighted by atomic mass is 9.96. The Morgan fingerprint density at radius 2 is 1.90 bits per heavy atom. The summed E-state index contributed by atoms with van der Waals surface area (Å²) in [5.74, 6) is 1.16. The van der Waals surface area contributed by atoms with E-state index in [-0.39, 0.29) is 0 Å². The van der Waals surface area contributed by atoms with Gasteiger partial charge in [0.05, 0.1) is 6.61 Å². The molecule has 2 rings (SSSR count). The molecule has 1 unspecified atom stereocenters. The molecule has 2 heteroatoms. The van der Waals surface area contributed by atoms with E-state index in [1.807, 2.05) is 0 Å². The Morgan fingerprint density at radius 3 is 2.71 bits per heavy atom. The number of fused-ring (bicyclic) bond motifs is 1. The van der Waals surface area contributed by atoms with Crippen molar-refractivity contribution in [3.8, 4) is 5.75 Å². The van der Waals surface area contributed by atoms with E-state index in [9.17, 15) is 0 Å². The molecule has 1 atom stereocenters. The summed E-state index contributed by atoms with van der Waals surface area (Å²) in [6.07, 6.45) is 10.5. The standard InChI is InChI=1S/C19H31NO/c1-3-5-6-7-8-9-13-18(20-4-2)17-12-10-11-16-14-15-21-19(16)17/h10-12,18,20H,3-9,13-15H2,1-2H3. The Hall–Kier alpha value is -1.02. The van der Waals surface area contributed by atoms with Crippen molar-refractivity contribution >= 4 is 0 Å². The van der Waals surface area contributed by atoms with E-state index in [1.165, 1.54) is 56.1 Å². The van der Waals surface area contributed by atoms with Crippen molar-refractivity contribution in [2.45, 2.75) is 71.3 Å². The van der Waals surface area contributed by atoms with E-state index in [2.05, 4.69) is 37.4 Å². The molecule has 1 aliphatic rings. The van der Waals surface area contributed by atoms with Gasteiger partial charge in [-0.2, -0.15) is 0 Å². The molecular weight excluding hydrogens is 258 g/mol. The van der Waals surface area contributed by atoms with Crippen LogP contribution in [0.3, 0.4) is 0 Å². The molecule has 1 N–H and O–H groups in total. The fraction of sp³-hybridized carbons (Fsp3) is 0.684. The third-order valence-electron chi connectivity index (χ3n) is 4.42. The van der Waals surface area contributed by atoms with Crippen molar-refractivity contribution in [3.05, 3.63) is 29.3 Å². The Morgan fingerprint density at radius 1 is 1.10 bits per heavy atom. The van der Waals surface area contributed by atoms with Gasteiger partial charge in [0.25, 0.3) is 0 Å². The second-order valence-electron chi connectivity index (χ2n) is 6.10. The summed E-state index contributed by atoms with van der Waals surface area (Å²) in [6.45, 7) is 6.34. The van der Waals surface area contributed by atoms with Crippen LogP contribution in [0.25, 0.3) is 0 Å². The topological polar surface area (TPSA) is 21.3 Å². The number of unbranched alkanes of at least 4 members (excludes halogenated alkanes) is 5. The molecule has 1 aliphatic heterocycles. The Kier molecular flexibility index (Phi) is 7.08. The number of ether oxygens (including phenoxy) is 1. The maximum Gasteiger partial charge on any atom is 0.127 e. The van der Waals surface area contributed by atoms with Gasteiger partial charge < -0.3 is 10.1 Å². The number of rotatable bonds is 10. The van der Waals surface area contributed by atoms with Gasteiger partial charge in [0.15, 0.2) is 0 Å². The maximum atomic E-state index is 5.88. The molecule has 0 aliphatic carbocycles. The van der Waals surface area contributed by atoms with E-state index in [4.69, 9.17) is 4.74 Å². The van der Waals surface area contributed by atoms with Crippen LogP contribution in [0.5, 0.6) is 5.75 Å². The average Bonchev–Trinajstić information content (AvgIpc) is 2.98. The van der Waals surface area contributed by atoms with Gasteiger partial charge in [-0.1, -0.05) is 70.6 Å². The molecule has 1 heterocycles. The fourth-order valence-corrected chi connectivity index (χ4v) is 3.26. The minimum Gasteiger partial charge on any atom is -0.493 e. The molecule has 1 aromatic carbocycles. The summed E-state index contributed by atoms with van der Waals surface area (Å²) in [5.41, 5.74) is 2.76. The zero-order valence-electron chi connectivity index (χ0n) is 13.8. The van der Waals surface area contributed by atoms with Gasteiger partial charge in [-0.15, -0.1) is 0 Å². The Bertz CT molecular complexity index is 416. The minimum atomic E-state index is 0.453. The Balaban J connectivity index is 1.88. The first-order valence-electron chi connectivity index (χ1n) is 8.84. The summed E-state index contributed by atoms with van der Waals surface area (Å²) < 4.78 is 5.88.